The summed E-state index contributed by atoms with van der Waals surface area (Å²) in [4.78, 5) is 0. The molecule has 0 unspecified atom stereocenters. The summed E-state index contributed by atoms with van der Waals surface area (Å²) < 4.78 is 5.91. The lowest BCUT2D eigenvalue weighted by Crippen LogP contribution is -2.01. The Morgan fingerprint density at radius 1 is 0.882 bits per heavy atom. The zero-order valence-electron chi connectivity index (χ0n) is 10.2. The van der Waals surface area contributed by atoms with Crippen LogP contribution in [0.3, 0.4) is 0 Å². The van der Waals surface area contributed by atoms with Crippen LogP contribution in [0.5, 0.6) is 11.5 Å². The van der Waals surface area contributed by atoms with Crippen LogP contribution >= 0.6 is 0 Å². The third-order valence-electron chi connectivity index (χ3n) is 2.39. The van der Waals surface area contributed by atoms with E-state index >= 15 is 0 Å². The van der Waals surface area contributed by atoms with Crippen LogP contribution in [0.1, 0.15) is 5.56 Å². The van der Waals surface area contributed by atoms with E-state index in [1.165, 1.54) is 5.56 Å². The Balaban J connectivity index is 2.20. The van der Waals surface area contributed by atoms with E-state index in [9.17, 15) is 0 Å². The van der Waals surface area contributed by atoms with E-state index in [1.807, 2.05) is 42.5 Å². The Morgan fingerprint density at radius 3 is 2.24 bits per heavy atom. The monoisotopic (exact) mass is 245 g/mol. The predicted molar refractivity (Wildman–Crippen MR) is 75.9 cm³/mol. The second-order valence-corrected chi connectivity index (χ2v) is 6.41. The van der Waals surface area contributed by atoms with E-state index in [0.29, 0.717) is 10.9 Å². The van der Waals surface area contributed by atoms with Crippen molar-refractivity contribution in [1.82, 2.24) is 0 Å². The second-order valence-electron chi connectivity index (χ2n) is 4.15. The topological polar surface area (TPSA) is 9.23 Å². The highest BCUT2D eigenvalue weighted by atomic mass is 32.2. The van der Waals surface area contributed by atoms with E-state index in [2.05, 4.69) is 24.6 Å². The van der Waals surface area contributed by atoms with Crippen LogP contribution in [0.15, 0.2) is 54.6 Å². The first kappa shape index (κ1) is 12.1. The summed E-state index contributed by atoms with van der Waals surface area (Å²) in [6.07, 6.45) is 4.50. The molecule has 0 fully saturated rings. The van der Waals surface area contributed by atoms with E-state index in [1.54, 1.807) is 0 Å². The Morgan fingerprint density at radius 2 is 1.53 bits per heavy atom. The lowest BCUT2D eigenvalue weighted by atomic mass is 10.2. The summed E-state index contributed by atoms with van der Waals surface area (Å²) in [5, 5.41) is 0. The van der Waals surface area contributed by atoms with Crippen molar-refractivity contribution < 1.29 is 4.74 Å². The Bertz CT molecular complexity index is 465. The first-order valence-corrected chi connectivity index (χ1v) is 7.82. The highest BCUT2D eigenvalue weighted by Gasteiger charge is 2.10. The Kier molecular flexibility index (Phi) is 4.10. The summed E-state index contributed by atoms with van der Waals surface area (Å²) in [6.45, 7) is 0. The number of hydrogen-bond donors (Lipinski definition) is 0. The summed E-state index contributed by atoms with van der Waals surface area (Å²) in [7, 11) is 0.385. The quantitative estimate of drug-likeness (QED) is 0.743. The van der Waals surface area contributed by atoms with Crippen LogP contribution in [0, 0.1) is 0 Å². The smallest absolute Gasteiger partial charge is 0.136 e. The molecule has 2 rings (SSSR count). The molecule has 17 heavy (non-hydrogen) atoms. The largest absolute Gasteiger partial charge is 0.457 e. The summed E-state index contributed by atoms with van der Waals surface area (Å²) >= 11 is 0. The van der Waals surface area contributed by atoms with Gasteiger partial charge in [0.2, 0.25) is 0 Å². The average molecular weight is 245 g/mol. The molecule has 0 aliphatic rings. The van der Waals surface area contributed by atoms with Gasteiger partial charge in [0.05, 0.1) is 12.5 Å². The number of benzene rings is 2. The van der Waals surface area contributed by atoms with Crippen molar-refractivity contribution in [3.8, 4) is 11.5 Å². The molecule has 0 aliphatic heterocycles. The lowest BCUT2D eigenvalue weighted by Gasteiger charge is -2.09. The molecule has 2 aromatic rings. The van der Waals surface area contributed by atoms with Crippen LogP contribution in [-0.4, -0.2) is 12.5 Å². The molecule has 0 atom stereocenters. The number of para-hydroxylation sites is 2. The van der Waals surface area contributed by atoms with Gasteiger partial charge in [-0.15, -0.1) is 0 Å². The van der Waals surface area contributed by atoms with Gasteiger partial charge in [-0.1, -0.05) is 36.4 Å². The fourth-order valence-corrected chi connectivity index (χ4v) is 2.51. The summed E-state index contributed by atoms with van der Waals surface area (Å²) in [5.74, 6) is 2.94. The van der Waals surface area contributed by atoms with Gasteiger partial charge in [-0.25, -0.2) is 0 Å². The molecular weight excluding hydrogens is 228 g/mol. The normalized spacial score (nSPS) is 10.5. The van der Waals surface area contributed by atoms with Crippen molar-refractivity contribution in [2.45, 2.75) is 5.75 Å². The highest BCUT2D eigenvalue weighted by Crippen LogP contribution is 2.26. The minimum atomic E-state index is 0.385. The van der Waals surface area contributed by atoms with Gasteiger partial charge >= 0.3 is 0 Å². The first-order valence-electron chi connectivity index (χ1n) is 5.61. The molecule has 88 valence electrons. The maximum Gasteiger partial charge on any atom is 0.136 e. The maximum absolute atomic E-state index is 5.91. The summed E-state index contributed by atoms with van der Waals surface area (Å²) in [5.41, 5.74) is 1.28. The number of ether oxygens (including phenoxy) is 1. The molecule has 0 radical (unpaired) electrons. The van der Waals surface area contributed by atoms with Gasteiger partial charge in [-0.2, -0.15) is 0 Å². The van der Waals surface area contributed by atoms with Gasteiger partial charge < -0.3 is 4.74 Å². The van der Waals surface area contributed by atoms with E-state index in [4.69, 9.17) is 4.74 Å². The van der Waals surface area contributed by atoms with Crippen molar-refractivity contribution in [3.63, 3.8) is 0 Å². The molecular formula is C15H17OS+. The highest BCUT2D eigenvalue weighted by molar-refractivity contribution is 7.94. The fraction of sp³-hybridized carbons (Fsp3) is 0.200. The van der Waals surface area contributed by atoms with Gasteiger partial charge in [0.25, 0.3) is 0 Å². The molecule has 0 bridgehead atoms. The van der Waals surface area contributed by atoms with Crippen molar-refractivity contribution in [3.05, 3.63) is 60.2 Å². The van der Waals surface area contributed by atoms with Crippen molar-refractivity contribution in [2.24, 2.45) is 0 Å². The molecule has 0 spiro atoms. The van der Waals surface area contributed by atoms with Crippen LogP contribution in [0.25, 0.3) is 0 Å². The zero-order chi connectivity index (χ0) is 12.1. The molecule has 1 nitrogen and oxygen atoms in total. The molecule has 0 amide bonds. The zero-order valence-corrected chi connectivity index (χ0v) is 11.0. The summed E-state index contributed by atoms with van der Waals surface area (Å²) in [6, 6.07) is 18.2. The van der Waals surface area contributed by atoms with Crippen LogP contribution < -0.4 is 4.74 Å². The minimum Gasteiger partial charge on any atom is -0.457 e. The molecule has 2 aromatic carbocycles. The Labute approximate surface area is 106 Å². The molecule has 0 N–H and O–H groups in total. The molecule has 0 saturated carbocycles. The third kappa shape index (κ3) is 3.53. The predicted octanol–water partition coefficient (Wildman–Crippen LogP) is 3.86. The fourth-order valence-electron chi connectivity index (χ4n) is 1.65. The van der Waals surface area contributed by atoms with Gasteiger partial charge in [0, 0.05) is 5.56 Å². The maximum atomic E-state index is 5.91. The van der Waals surface area contributed by atoms with Gasteiger partial charge in [0.1, 0.15) is 17.3 Å². The minimum absolute atomic E-state index is 0.385. The lowest BCUT2D eigenvalue weighted by molar-refractivity contribution is 0.478. The second kappa shape index (κ2) is 5.78. The Hall–Kier alpha value is -1.41. The number of hydrogen-bond acceptors (Lipinski definition) is 1. The molecule has 2 heteroatoms. The van der Waals surface area contributed by atoms with Gasteiger partial charge in [-0.05, 0) is 29.1 Å². The van der Waals surface area contributed by atoms with E-state index in [-0.39, 0.29) is 0 Å². The first-order chi connectivity index (χ1) is 8.25. The van der Waals surface area contributed by atoms with Crippen molar-refractivity contribution >= 4 is 10.9 Å². The molecule has 0 aromatic heterocycles. The average Bonchev–Trinajstić information content (AvgIpc) is 2.32. The van der Waals surface area contributed by atoms with Gasteiger partial charge in [-0.3, -0.25) is 0 Å². The SMILES string of the molecule is C[S+](C)Cc1ccccc1Oc1ccccc1. The van der Waals surface area contributed by atoms with E-state index in [0.717, 1.165) is 17.3 Å². The van der Waals surface area contributed by atoms with Gasteiger partial charge in [0.15, 0.2) is 0 Å². The molecule has 0 saturated heterocycles. The molecule has 0 aliphatic carbocycles. The van der Waals surface area contributed by atoms with Crippen LogP contribution in [0.4, 0.5) is 0 Å². The standard InChI is InChI=1S/C15H17OS/c1-17(2)12-13-8-6-7-11-15(13)16-14-9-4-3-5-10-14/h3-11H,12H2,1-2H3/q+1. The van der Waals surface area contributed by atoms with E-state index < -0.39 is 0 Å². The molecule has 0 heterocycles. The van der Waals surface area contributed by atoms with Crippen molar-refractivity contribution in [1.29, 1.82) is 0 Å². The number of rotatable bonds is 4. The van der Waals surface area contributed by atoms with Crippen LogP contribution in [0.2, 0.25) is 0 Å². The van der Waals surface area contributed by atoms with Crippen molar-refractivity contribution in [2.75, 3.05) is 12.5 Å². The van der Waals surface area contributed by atoms with Crippen LogP contribution in [-0.2, 0) is 16.6 Å². The third-order valence-corrected chi connectivity index (χ3v) is 3.28.